The van der Waals surface area contributed by atoms with E-state index in [1.807, 2.05) is 19.1 Å². The Kier molecular flexibility index (Phi) is 5.87. The molecule has 0 spiro atoms. The number of carbonyl (C=O) groups is 1. The molecule has 32 heavy (non-hydrogen) atoms. The fourth-order valence-electron chi connectivity index (χ4n) is 3.33. The predicted octanol–water partition coefficient (Wildman–Crippen LogP) is 3.01. The molecule has 1 N–H and O–H groups in total. The van der Waals surface area contributed by atoms with Crippen molar-refractivity contribution in [3.05, 3.63) is 86.2 Å². The molecule has 0 fully saturated rings. The average molecular weight is 450 g/mol. The highest BCUT2D eigenvalue weighted by Crippen LogP contribution is 2.19. The molecule has 2 aromatic carbocycles. The van der Waals surface area contributed by atoms with Crippen LogP contribution in [0.25, 0.3) is 22.4 Å². The van der Waals surface area contributed by atoms with Crippen molar-refractivity contribution < 1.29 is 4.79 Å². The zero-order valence-electron chi connectivity index (χ0n) is 17.5. The lowest BCUT2D eigenvalue weighted by Gasteiger charge is -2.11. The van der Waals surface area contributed by atoms with Crippen LogP contribution >= 0.6 is 11.6 Å². The number of anilines is 1. The molecule has 4 rings (SSSR count). The van der Waals surface area contributed by atoms with Gasteiger partial charge in [-0.2, -0.15) is 0 Å². The molecule has 1 amide bonds. The second-order valence-electron chi connectivity index (χ2n) is 7.27. The Morgan fingerprint density at radius 1 is 1.06 bits per heavy atom. The van der Waals surface area contributed by atoms with E-state index in [2.05, 4.69) is 15.3 Å². The number of carbonyl (C=O) groups excluding carboxylic acids is 1. The number of halogens is 1. The summed E-state index contributed by atoms with van der Waals surface area (Å²) in [6.07, 6.45) is 2.25. The normalized spacial score (nSPS) is 11.0. The van der Waals surface area contributed by atoms with E-state index < -0.39 is 23.7 Å². The lowest BCUT2D eigenvalue weighted by molar-refractivity contribution is -0.116. The number of aromatic nitrogens is 4. The van der Waals surface area contributed by atoms with Crippen LogP contribution in [0, 0.1) is 0 Å². The summed E-state index contributed by atoms with van der Waals surface area (Å²) in [6.45, 7) is 1.62. The first-order chi connectivity index (χ1) is 15.4. The number of rotatable bonds is 5. The summed E-state index contributed by atoms with van der Waals surface area (Å²) in [5.41, 5.74) is 1.35. The Morgan fingerprint density at radius 3 is 2.41 bits per heavy atom. The van der Waals surface area contributed by atoms with Crippen molar-refractivity contribution in [2.45, 2.75) is 19.9 Å². The molecule has 0 saturated carbocycles. The summed E-state index contributed by atoms with van der Waals surface area (Å²) < 4.78 is 2.12. The number of aryl methyl sites for hydroxylation is 2. The van der Waals surface area contributed by atoms with E-state index in [-0.39, 0.29) is 11.0 Å². The van der Waals surface area contributed by atoms with Gasteiger partial charge >= 0.3 is 5.69 Å². The van der Waals surface area contributed by atoms with Crippen LogP contribution in [0.4, 0.5) is 5.69 Å². The maximum atomic E-state index is 12.9. The molecule has 4 aromatic rings. The highest BCUT2D eigenvalue weighted by molar-refractivity contribution is 6.30. The first-order valence-corrected chi connectivity index (χ1v) is 10.4. The van der Waals surface area contributed by atoms with Gasteiger partial charge in [0.15, 0.2) is 11.5 Å². The molecule has 0 aliphatic heterocycles. The standard InChI is InChI=1S/C23H20ClN5O3/c1-3-14-4-10-17(11-5-14)26-19(30)13-29-22(31)18-12-25-20(15-6-8-16(24)9-7-15)27-21(18)28(2)23(29)32/h4-12H,3,13H2,1-2H3,(H,26,30). The summed E-state index contributed by atoms with van der Waals surface area (Å²) in [7, 11) is 1.50. The second kappa shape index (κ2) is 8.76. The zero-order valence-corrected chi connectivity index (χ0v) is 18.3. The minimum atomic E-state index is -0.639. The largest absolute Gasteiger partial charge is 0.332 e. The van der Waals surface area contributed by atoms with Crippen molar-refractivity contribution in [3.8, 4) is 11.4 Å². The first kappa shape index (κ1) is 21.5. The zero-order chi connectivity index (χ0) is 22.8. The summed E-state index contributed by atoms with van der Waals surface area (Å²) >= 11 is 5.92. The Labute approximate surface area is 188 Å². The molecule has 9 heteroatoms. The van der Waals surface area contributed by atoms with Gasteiger partial charge in [-0.05, 0) is 48.4 Å². The van der Waals surface area contributed by atoms with Gasteiger partial charge < -0.3 is 5.32 Å². The molecule has 0 aliphatic rings. The first-order valence-electron chi connectivity index (χ1n) is 9.98. The van der Waals surface area contributed by atoms with Crippen molar-refractivity contribution >= 4 is 34.2 Å². The molecule has 8 nitrogen and oxygen atoms in total. The van der Waals surface area contributed by atoms with Crippen molar-refractivity contribution in [3.63, 3.8) is 0 Å². The van der Waals surface area contributed by atoms with E-state index in [0.29, 0.717) is 22.1 Å². The van der Waals surface area contributed by atoms with Crippen molar-refractivity contribution in [1.29, 1.82) is 0 Å². The lowest BCUT2D eigenvalue weighted by Crippen LogP contribution is -2.42. The topological polar surface area (TPSA) is 98.9 Å². The SMILES string of the molecule is CCc1ccc(NC(=O)Cn2c(=O)c3cnc(-c4ccc(Cl)cc4)nc3n(C)c2=O)cc1. The van der Waals surface area contributed by atoms with Crippen LogP contribution in [0.2, 0.25) is 5.02 Å². The Hall–Kier alpha value is -3.78. The maximum Gasteiger partial charge on any atom is 0.332 e. The van der Waals surface area contributed by atoms with Gasteiger partial charge in [-0.25, -0.2) is 14.8 Å². The highest BCUT2D eigenvalue weighted by atomic mass is 35.5. The van der Waals surface area contributed by atoms with Gasteiger partial charge in [0.05, 0.1) is 0 Å². The Balaban J connectivity index is 1.67. The number of benzene rings is 2. The molecular formula is C23H20ClN5O3. The van der Waals surface area contributed by atoms with Crippen LogP contribution < -0.4 is 16.6 Å². The fraction of sp³-hybridized carbons (Fsp3) is 0.174. The molecule has 0 unspecified atom stereocenters. The molecule has 0 bridgehead atoms. The molecule has 2 heterocycles. The third-order valence-electron chi connectivity index (χ3n) is 5.13. The maximum absolute atomic E-state index is 12.9. The number of fused-ring (bicyclic) bond motifs is 1. The van der Waals surface area contributed by atoms with Gasteiger partial charge in [-0.1, -0.05) is 30.7 Å². The van der Waals surface area contributed by atoms with E-state index in [0.717, 1.165) is 16.6 Å². The number of nitrogens with zero attached hydrogens (tertiary/aromatic N) is 4. The van der Waals surface area contributed by atoms with Gasteiger partial charge in [0.1, 0.15) is 11.9 Å². The van der Waals surface area contributed by atoms with Gasteiger partial charge in [0, 0.05) is 29.5 Å². The minimum Gasteiger partial charge on any atom is -0.325 e. The van der Waals surface area contributed by atoms with Crippen molar-refractivity contribution in [2.75, 3.05) is 5.32 Å². The van der Waals surface area contributed by atoms with Gasteiger partial charge in [0.2, 0.25) is 5.91 Å². The average Bonchev–Trinajstić information content (AvgIpc) is 2.81. The molecule has 0 atom stereocenters. The molecular weight excluding hydrogens is 430 g/mol. The van der Waals surface area contributed by atoms with E-state index in [1.54, 1.807) is 36.4 Å². The summed E-state index contributed by atoms with van der Waals surface area (Å²) in [5, 5.41) is 3.43. The Bertz CT molecular complexity index is 1420. The van der Waals surface area contributed by atoms with E-state index in [9.17, 15) is 14.4 Å². The lowest BCUT2D eigenvalue weighted by atomic mass is 10.1. The van der Waals surface area contributed by atoms with Crippen LogP contribution in [0.3, 0.4) is 0 Å². The van der Waals surface area contributed by atoms with E-state index in [1.165, 1.54) is 17.8 Å². The molecule has 0 aliphatic carbocycles. The smallest absolute Gasteiger partial charge is 0.325 e. The van der Waals surface area contributed by atoms with Crippen molar-refractivity contribution in [2.24, 2.45) is 7.05 Å². The fourth-order valence-corrected chi connectivity index (χ4v) is 3.45. The molecule has 0 radical (unpaired) electrons. The molecule has 0 saturated heterocycles. The van der Waals surface area contributed by atoms with Crippen LogP contribution in [0.1, 0.15) is 12.5 Å². The third-order valence-corrected chi connectivity index (χ3v) is 5.38. The molecule has 162 valence electrons. The quantitative estimate of drug-likeness (QED) is 0.505. The van der Waals surface area contributed by atoms with E-state index in [4.69, 9.17) is 11.6 Å². The van der Waals surface area contributed by atoms with Crippen LogP contribution in [-0.2, 0) is 24.8 Å². The number of amides is 1. The number of nitrogens with one attached hydrogen (secondary N) is 1. The third kappa shape index (κ3) is 4.17. The molecule has 2 aromatic heterocycles. The van der Waals surface area contributed by atoms with Crippen LogP contribution in [0.5, 0.6) is 0 Å². The predicted molar refractivity (Wildman–Crippen MR) is 124 cm³/mol. The van der Waals surface area contributed by atoms with Crippen LogP contribution in [0.15, 0.2) is 64.3 Å². The summed E-state index contributed by atoms with van der Waals surface area (Å²) in [5.74, 6) is -0.124. The minimum absolute atomic E-state index is 0.143. The van der Waals surface area contributed by atoms with Crippen molar-refractivity contribution in [1.82, 2.24) is 19.1 Å². The number of hydrogen-bond acceptors (Lipinski definition) is 5. The van der Waals surface area contributed by atoms with Crippen LogP contribution in [-0.4, -0.2) is 25.0 Å². The summed E-state index contributed by atoms with van der Waals surface area (Å²) in [4.78, 5) is 46.9. The summed E-state index contributed by atoms with van der Waals surface area (Å²) in [6, 6.07) is 14.3. The van der Waals surface area contributed by atoms with Gasteiger partial charge in [0.25, 0.3) is 5.56 Å². The van der Waals surface area contributed by atoms with E-state index >= 15 is 0 Å². The van der Waals surface area contributed by atoms with Gasteiger partial charge in [-0.15, -0.1) is 0 Å². The number of hydrogen-bond donors (Lipinski definition) is 1. The Morgan fingerprint density at radius 2 is 1.75 bits per heavy atom. The van der Waals surface area contributed by atoms with Gasteiger partial charge in [-0.3, -0.25) is 18.7 Å². The second-order valence-corrected chi connectivity index (χ2v) is 7.71. The highest BCUT2D eigenvalue weighted by Gasteiger charge is 2.16. The monoisotopic (exact) mass is 449 g/mol.